The Labute approximate surface area is 281 Å². The highest BCUT2D eigenvalue weighted by Crippen LogP contribution is 2.64. The van der Waals surface area contributed by atoms with Crippen LogP contribution in [-0.4, -0.2) is 0 Å². The summed E-state index contributed by atoms with van der Waals surface area (Å²) in [5.41, 5.74) is 16.1. The molecule has 0 radical (unpaired) electrons. The van der Waals surface area contributed by atoms with Gasteiger partial charge in [-0.3, -0.25) is 0 Å². The fourth-order valence-corrected chi connectivity index (χ4v) is 8.53. The number of nitrogens with zero attached hydrogens (tertiary/aromatic N) is 1. The maximum Gasteiger partial charge on any atom is 0.0732 e. The van der Waals surface area contributed by atoms with Gasteiger partial charge in [0.1, 0.15) is 0 Å². The van der Waals surface area contributed by atoms with E-state index in [-0.39, 0.29) is 0 Å². The van der Waals surface area contributed by atoms with Crippen molar-refractivity contribution in [2.45, 2.75) is 5.41 Å². The van der Waals surface area contributed by atoms with Crippen molar-refractivity contribution in [1.29, 1.82) is 0 Å². The number of rotatable bonds is 4. The summed E-state index contributed by atoms with van der Waals surface area (Å²) in [4.78, 5) is 2.41. The zero-order valence-corrected chi connectivity index (χ0v) is 26.3. The van der Waals surface area contributed by atoms with E-state index in [0.29, 0.717) is 0 Å². The van der Waals surface area contributed by atoms with Crippen LogP contribution >= 0.6 is 0 Å². The van der Waals surface area contributed by atoms with E-state index in [4.69, 9.17) is 0 Å². The van der Waals surface area contributed by atoms with Gasteiger partial charge in [-0.25, -0.2) is 0 Å². The first-order chi connectivity index (χ1) is 23.8. The molecule has 0 bridgehead atoms. The minimum atomic E-state index is -0.441. The molecule has 10 rings (SSSR count). The summed E-state index contributed by atoms with van der Waals surface area (Å²) in [6.07, 6.45) is 0. The first-order valence-electron chi connectivity index (χ1n) is 16.7. The monoisotopic (exact) mass is 609 g/mol. The van der Waals surface area contributed by atoms with Crippen molar-refractivity contribution in [3.8, 4) is 33.4 Å². The third kappa shape index (κ3) is 3.73. The zero-order valence-electron chi connectivity index (χ0n) is 26.3. The van der Waals surface area contributed by atoms with Gasteiger partial charge in [0.25, 0.3) is 0 Å². The van der Waals surface area contributed by atoms with Crippen LogP contribution in [0.15, 0.2) is 188 Å². The van der Waals surface area contributed by atoms with Crippen LogP contribution in [0.3, 0.4) is 0 Å². The Morgan fingerprint density at radius 3 is 1.69 bits per heavy atom. The average Bonchev–Trinajstić information content (AvgIpc) is 3.63. The molecular weight excluding hydrogens is 579 g/mol. The summed E-state index contributed by atoms with van der Waals surface area (Å²) in [6.45, 7) is 0. The quantitative estimate of drug-likeness (QED) is 0.192. The average molecular weight is 610 g/mol. The highest BCUT2D eigenvalue weighted by molar-refractivity contribution is 6.04. The molecular formula is C47H31N. The Hall–Kier alpha value is -6.18. The highest BCUT2D eigenvalue weighted by Gasteiger charge is 2.52. The van der Waals surface area contributed by atoms with Crippen LogP contribution in [0, 0.1) is 0 Å². The number of hydrogen-bond acceptors (Lipinski definition) is 1. The summed E-state index contributed by atoms with van der Waals surface area (Å²) < 4.78 is 0. The smallest absolute Gasteiger partial charge is 0.0732 e. The predicted octanol–water partition coefficient (Wildman–Crippen LogP) is 12.3. The SMILES string of the molecule is c1ccc(-c2cccc(N(c3ccccc3)c3ccc4c(c3)C3(c5ccccc5-4)c4ccccc4-c4ccc5ccccc5c43)c2)cc1. The Kier molecular flexibility index (Phi) is 5.86. The van der Waals surface area contributed by atoms with Gasteiger partial charge in [-0.15, -0.1) is 0 Å². The van der Waals surface area contributed by atoms with E-state index in [0.717, 1.165) is 17.1 Å². The topological polar surface area (TPSA) is 3.24 Å². The molecule has 48 heavy (non-hydrogen) atoms. The molecule has 1 spiro atoms. The van der Waals surface area contributed by atoms with E-state index < -0.39 is 5.41 Å². The Morgan fingerprint density at radius 1 is 0.333 bits per heavy atom. The van der Waals surface area contributed by atoms with E-state index in [1.54, 1.807) is 0 Å². The summed E-state index contributed by atoms with van der Waals surface area (Å²) in [6, 6.07) is 69.2. The van der Waals surface area contributed by atoms with Gasteiger partial charge in [-0.1, -0.05) is 152 Å². The van der Waals surface area contributed by atoms with E-state index in [1.807, 2.05) is 0 Å². The Morgan fingerprint density at radius 2 is 0.896 bits per heavy atom. The third-order valence-corrected chi connectivity index (χ3v) is 10.4. The Balaban J connectivity index is 1.28. The van der Waals surface area contributed by atoms with Gasteiger partial charge in [0, 0.05) is 17.1 Å². The highest BCUT2D eigenvalue weighted by atomic mass is 15.1. The van der Waals surface area contributed by atoms with Crippen molar-refractivity contribution >= 4 is 27.8 Å². The second kappa shape index (κ2) is 10.4. The fraction of sp³-hybridized carbons (Fsp3) is 0.0213. The Bertz CT molecular complexity index is 2500. The van der Waals surface area contributed by atoms with Crippen LogP contribution in [0.2, 0.25) is 0 Å². The number of fused-ring (bicyclic) bond motifs is 12. The number of hydrogen-bond donors (Lipinski definition) is 0. The van der Waals surface area contributed by atoms with Crippen molar-refractivity contribution in [3.05, 3.63) is 210 Å². The molecule has 0 saturated heterocycles. The summed E-state index contributed by atoms with van der Waals surface area (Å²) >= 11 is 0. The van der Waals surface area contributed by atoms with Crippen molar-refractivity contribution in [2.75, 3.05) is 4.90 Å². The second-order valence-electron chi connectivity index (χ2n) is 12.9. The van der Waals surface area contributed by atoms with Gasteiger partial charge in [0.2, 0.25) is 0 Å². The van der Waals surface area contributed by atoms with Gasteiger partial charge in [0.15, 0.2) is 0 Å². The summed E-state index contributed by atoms with van der Waals surface area (Å²) in [7, 11) is 0. The minimum absolute atomic E-state index is 0.441. The maximum absolute atomic E-state index is 2.48. The lowest BCUT2D eigenvalue weighted by Gasteiger charge is -2.33. The predicted molar refractivity (Wildman–Crippen MR) is 200 cm³/mol. The molecule has 0 fully saturated rings. The van der Waals surface area contributed by atoms with Crippen molar-refractivity contribution < 1.29 is 0 Å². The standard InChI is InChI=1S/C47H31N/c1-3-14-32(15-4-1)34-17-13-20-36(30-34)48(35-18-5-2-6-19-35)37-27-29-41-39-22-9-11-24-43(39)47(45(41)31-37)44-25-12-10-23-40(44)42-28-26-33-16-7-8-21-38(33)46(42)47/h1-31H. The summed E-state index contributed by atoms with van der Waals surface area (Å²) in [5, 5.41) is 2.59. The fourth-order valence-electron chi connectivity index (χ4n) is 8.53. The minimum Gasteiger partial charge on any atom is -0.310 e. The maximum atomic E-state index is 2.48. The molecule has 0 N–H and O–H groups in total. The molecule has 2 aliphatic rings. The van der Waals surface area contributed by atoms with E-state index in [9.17, 15) is 0 Å². The van der Waals surface area contributed by atoms with Crippen LogP contribution < -0.4 is 4.90 Å². The number of para-hydroxylation sites is 1. The van der Waals surface area contributed by atoms with Crippen LogP contribution in [-0.2, 0) is 5.41 Å². The lowest BCUT2D eigenvalue weighted by atomic mass is 9.69. The van der Waals surface area contributed by atoms with Crippen LogP contribution in [0.1, 0.15) is 22.3 Å². The van der Waals surface area contributed by atoms with Crippen molar-refractivity contribution in [2.24, 2.45) is 0 Å². The molecule has 0 aromatic heterocycles. The third-order valence-electron chi connectivity index (χ3n) is 10.4. The zero-order chi connectivity index (χ0) is 31.7. The lowest BCUT2D eigenvalue weighted by molar-refractivity contribution is 0.801. The molecule has 1 nitrogen and oxygen atoms in total. The van der Waals surface area contributed by atoms with Crippen molar-refractivity contribution in [1.82, 2.24) is 0 Å². The molecule has 8 aromatic rings. The van der Waals surface area contributed by atoms with Gasteiger partial charge < -0.3 is 4.90 Å². The second-order valence-corrected chi connectivity index (χ2v) is 12.9. The molecule has 1 unspecified atom stereocenters. The molecule has 1 heteroatoms. The number of benzene rings is 8. The van der Waals surface area contributed by atoms with Gasteiger partial charge >= 0.3 is 0 Å². The largest absolute Gasteiger partial charge is 0.310 e. The lowest BCUT2D eigenvalue weighted by Crippen LogP contribution is -2.26. The molecule has 0 amide bonds. The van der Waals surface area contributed by atoms with Gasteiger partial charge in [-0.05, 0) is 103 Å². The summed E-state index contributed by atoms with van der Waals surface area (Å²) in [5.74, 6) is 0. The molecule has 0 heterocycles. The van der Waals surface area contributed by atoms with E-state index in [1.165, 1.54) is 66.4 Å². The first-order valence-corrected chi connectivity index (χ1v) is 16.7. The van der Waals surface area contributed by atoms with Crippen LogP contribution in [0.5, 0.6) is 0 Å². The normalized spacial score (nSPS) is 15.2. The molecule has 8 aromatic carbocycles. The number of anilines is 3. The molecule has 1 atom stereocenters. The molecule has 0 aliphatic heterocycles. The molecule has 2 aliphatic carbocycles. The van der Waals surface area contributed by atoms with Gasteiger partial charge in [0.05, 0.1) is 5.41 Å². The van der Waals surface area contributed by atoms with E-state index in [2.05, 4.69) is 193 Å². The molecule has 224 valence electrons. The first kappa shape index (κ1) is 27.0. The molecule has 0 saturated carbocycles. The van der Waals surface area contributed by atoms with E-state index >= 15 is 0 Å². The van der Waals surface area contributed by atoms with Gasteiger partial charge in [-0.2, -0.15) is 0 Å². The van der Waals surface area contributed by atoms with Crippen LogP contribution in [0.25, 0.3) is 44.2 Å². The van der Waals surface area contributed by atoms with Crippen molar-refractivity contribution in [3.63, 3.8) is 0 Å². The van der Waals surface area contributed by atoms with Crippen LogP contribution in [0.4, 0.5) is 17.1 Å².